The van der Waals surface area contributed by atoms with E-state index in [1.54, 1.807) is 0 Å². The quantitative estimate of drug-likeness (QED) is 0.403. The van der Waals surface area contributed by atoms with Crippen LogP contribution in [0.15, 0.2) is 0 Å². The van der Waals surface area contributed by atoms with Crippen LogP contribution < -0.4 is 0 Å². The van der Waals surface area contributed by atoms with Gasteiger partial charge in [0.05, 0.1) is 13.2 Å². The lowest BCUT2D eigenvalue weighted by Gasteiger charge is -1.99. The predicted octanol–water partition coefficient (Wildman–Crippen LogP) is 0.105. The zero-order valence-corrected chi connectivity index (χ0v) is 3.92. The van der Waals surface area contributed by atoms with Crippen molar-refractivity contribution in [3.63, 3.8) is 0 Å². The van der Waals surface area contributed by atoms with Gasteiger partial charge in [-0.05, 0) is 6.42 Å². The fourth-order valence-electron chi connectivity index (χ4n) is 0.526. The van der Waals surface area contributed by atoms with Gasteiger partial charge in [0.1, 0.15) is 0 Å². The molecule has 0 aliphatic carbocycles. The Labute approximate surface area is 42.0 Å². The first-order valence-corrected chi connectivity index (χ1v) is 2.23. The zero-order chi connectivity index (χ0) is 5.11. The first-order chi connectivity index (χ1) is 3.43. The molecule has 0 N–H and O–H groups in total. The van der Waals surface area contributed by atoms with Crippen LogP contribution in [0.3, 0.4) is 0 Å². The van der Waals surface area contributed by atoms with Crippen LogP contribution in [0.4, 0.5) is 0 Å². The highest BCUT2D eigenvalue weighted by Gasteiger charge is 2.07. The second-order valence-corrected chi connectivity index (χ2v) is 1.39. The summed E-state index contributed by atoms with van der Waals surface area (Å²) in [4.78, 5) is 4.77. The molecule has 1 fully saturated rings. The first-order valence-electron chi connectivity index (χ1n) is 2.23. The Morgan fingerprint density at radius 1 is 1.71 bits per heavy atom. The summed E-state index contributed by atoms with van der Waals surface area (Å²) in [5.74, 6) is 0. The van der Waals surface area contributed by atoms with E-state index in [1.807, 2.05) is 6.19 Å². The van der Waals surface area contributed by atoms with Gasteiger partial charge in [-0.25, -0.2) is 0 Å². The molecule has 1 aliphatic heterocycles. The van der Waals surface area contributed by atoms with Crippen LogP contribution >= 0.6 is 0 Å². The third-order valence-corrected chi connectivity index (χ3v) is 0.864. The number of rotatable bonds is 0. The van der Waals surface area contributed by atoms with E-state index in [4.69, 9.17) is 10.1 Å². The monoisotopic (exact) mass is 98.0 g/mol. The van der Waals surface area contributed by atoms with Crippen molar-refractivity contribution in [2.24, 2.45) is 0 Å². The van der Waals surface area contributed by atoms with Crippen LogP contribution in [0.25, 0.3) is 0 Å². The van der Waals surface area contributed by atoms with Crippen molar-refractivity contribution in [2.75, 3.05) is 13.2 Å². The molecule has 1 saturated heterocycles. The molecule has 38 valence electrons. The Hall–Kier alpha value is -0.750. The Bertz CT molecular complexity index is 90.4. The molecular formula is C4H6N2O. The summed E-state index contributed by atoms with van der Waals surface area (Å²) in [6.45, 7) is 1.46. The zero-order valence-electron chi connectivity index (χ0n) is 3.92. The van der Waals surface area contributed by atoms with E-state index in [9.17, 15) is 0 Å². The summed E-state index contributed by atoms with van der Waals surface area (Å²) in [5, 5.41) is 9.41. The summed E-state index contributed by atoms with van der Waals surface area (Å²) in [6, 6.07) is 0. The maximum Gasteiger partial charge on any atom is 0.205 e. The molecule has 0 radical (unpaired) electrons. The second-order valence-electron chi connectivity index (χ2n) is 1.39. The van der Waals surface area contributed by atoms with Crippen molar-refractivity contribution in [1.82, 2.24) is 5.06 Å². The van der Waals surface area contributed by atoms with Gasteiger partial charge in [0, 0.05) is 0 Å². The van der Waals surface area contributed by atoms with E-state index in [0.29, 0.717) is 6.61 Å². The van der Waals surface area contributed by atoms with E-state index >= 15 is 0 Å². The van der Waals surface area contributed by atoms with Crippen LogP contribution in [0, 0.1) is 11.5 Å². The second kappa shape index (κ2) is 1.80. The SMILES string of the molecule is N#CN1CCCO1. The van der Waals surface area contributed by atoms with Gasteiger partial charge in [0.2, 0.25) is 6.19 Å². The predicted molar refractivity (Wildman–Crippen MR) is 22.9 cm³/mol. The smallest absolute Gasteiger partial charge is 0.205 e. The van der Waals surface area contributed by atoms with Gasteiger partial charge < -0.3 is 0 Å². The lowest BCUT2D eigenvalue weighted by molar-refractivity contribution is -0.0575. The third kappa shape index (κ3) is 0.815. The van der Waals surface area contributed by atoms with Crippen molar-refractivity contribution < 1.29 is 4.84 Å². The number of hydroxylamine groups is 2. The summed E-state index contributed by atoms with van der Waals surface area (Å²) in [5.41, 5.74) is 0. The first kappa shape index (κ1) is 4.41. The summed E-state index contributed by atoms with van der Waals surface area (Å²) < 4.78 is 0. The van der Waals surface area contributed by atoms with E-state index < -0.39 is 0 Å². The molecule has 0 atom stereocenters. The van der Waals surface area contributed by atoms with Gasteiger partial charge in [-0.1, -0.05) is 0 Å². The van der Waals surface area contributed by atoms with Crippen LogP contribution in [0.5, 0.6) is 0 Å². The van der Waals surface area contributed by atoms with Crippen LogP contribution in [0.2, 0.25) is 0 Å². The minimum absolute atomic E-state index is 0.702. The normalized spacial score (nSPS) is 19.6. The lowest BCUT2D eigenvalue weighted by atomic mass is 10.5. The molecule has 0 saturated carbocycles. The average Bonchev–Trinajstić information content (AvgIpc) is 2.14. The van der Waals surface area contributed by atoms with E-state index in [0.717, 1.165) is 13.0 Å². The van der Waals surface area contributed by atoms with E-state index in [2.05, 4.69) is 0 Å². The maximum absolute atomic E-state index is 8.12. The molecule has 0 bridgehead atoms. The van der Waals surface area contributed by atoms with Gasteiger partial charge in [-0.15, -0.1) is 0 Å². The van der Waals surface area contributed by atoms with Gasteiger partial charge >= 0.3 is 0 Å². The Balaban J connectivity index is 2.31. The average molecular weight is 98.1 g/mol. The highest BCUT2D eigenvalue weighted by Crippen LogP contribution is 1.99. The number of nitrogens with zero attached hydrogens (tertiary/aromatic N) is 2. The number of hydrogen-bond donors (Lipinski definition) is 0. The standard InChI is InChI=1S/C4H6N2O/c5-4-6-2-1-3-7-6/h1-3H2. The molecule has 1 heterocycles. The van der Waals surface area contributed by atoms with Gasteiger partial charge in [0.15, 0.2) is 0 Å². The highest BCUT2D eigenvalue weighted by atomic mass is 16.7. The Morgan fingerprint density at radius 3 is 2.86 bits per heavy atom. The maximum atomic E-state index is 8.12. The molecule has 0 amide bonds. The number of hydrogen-bond acceptors (Lipinski definition) is 3. The summed E-state index contributed by atoms with van der Waals surface area (Å²) in [6.07, 6.45) is 2.85. The minimum Gasteiger partial charge on any atom is -0.264 e. The van der Waals surface area contributed by atoms with Crippen LogP contribution in [-0.2, 0) is 4.84 Å². The molecule has 1 rings (SSSR count). The molecule has 7 heavy (non-hydrogen) atoms. The molecule has 3 nitrogen and oxygen atoms in total. The van der Waals surface area contributed by atoms with Gasteiger partial charge in [-0.3, -0.25) is 4.84 Å². The fourth-order valence-corrected chi connectivity index (χ4v) is 0.526. The van der Waals surface area contributed by atoms with Crippen LogP contribution in [0.1, 0.15) is 6.42 Å². The molecule has 3 heteroatoms. The summed E-state index contributed by atoms with van der Waals surface area (Å²) in [7, 11) is 0. The summed E-state index contributed by atoms with van der Waals surface area (Å²) >= 11 is 0. The van der Waals surface area contributed by atoms with Crippen molar-refractivity contribution in [3.8, 4) is 6.19 Å². The number of nitriles is 1. The van der Waals surface area contributed by atoms with Crippen molar-refractivity contribution >= 4 is 0 Å². The molecule has 0 spiro atoms. The van der Waals surface area contributed by atoms with Crippen molar-refractivity contribution in [3.05, 3.63) is 0 Å². The van der Waals surface area contributed by atoms with Crippen molar-refractivity contribution in [1.29, 1.82) is 5.26 Å². The minimum atomic E-state index is 0.702. The van der Waals surface area contributed by atoms with Gasteiger partial charge in [0.25, 0.3) is 0 Å². The van der Waals surface area contributed by atoms with Gasteiger partial charge in [-0.2, -0.15) is 10.3 Å². The van der Waals surface area contributed by atoms with E-state index in [1.165, 1.54) is 5.06 Å². The molecule has 0 aromatic heterocycles. The molecular weight excluding hydrogens is 92.1 g/mol. The molecule has 0 unspecified atom stereocenters. The highest BCUT2D eigenvalue weighted by molar-refractivity contribution is 4.67. The van der Waals surface area contributed by atoms with E-state index in [-0.39, 0.29) is 0 Å². The van der Waals surface area contributed by atoms with Crippen molar-refractivity contribution in [2.45, 2.75) is 6.42 Å². The largest absolute Gasteiger partial charge is 0.264 e. The molecule has 0 aromatic rings. The Morgan fingerprint density at radius 2 is 2.57 bits per heavy atom. The lowest BCUT2D eigenvalue weighted by Crippen LogP contribution is -2.08. The molecule has 1 aliphatic rings. The molecule has 0 aromatic carbocycles. The Kier molecular flexibility index (Phi) is 1.14. The topological polar surface area (TPSA) is 36.3 Å². The fraction of sp³-hybridized carbons (Fsp3) is 0.750. The third-order valence-electron chi connectivity index (χ3n) is 0.864. The van der Waals surface area contributed by atoms with Crippen LogP contribution in [-0.4, -0.2) is 18.2 Å².